The average molecular weight is 320 g/mol. The average Bonchev–Trinajstić information content (AvgIpc) is 2.23. The molecule has 1 aromatic rings. The van der Waals surface area contributed by atoms with Gasteiger partial charge in [-0.05, 0) is 11.6 Å². The summed E-state index contributed by atoms with van der Waals surface area (Å²) in [6.45, 7) is -0.527. The van der Waals surface area contributed by atoms with Gasteiger partial charge in [0.25, 0.3) is 0 Å². The molecule has 0 heterocycles. The van der Waals surface area contributed by atoms with Crippen molar-refractivity contribution in [3.8, 4) is 0 Å². The Balaban J connectivity index is 2.81. The van der Waals surface area contributed by atoms with Crippen LogP contribution in [0.25, 0.3) is 0 Å². The van der Waals surface area contributed by atoms with Crippen molar-refractivity contribution in [1.82, 2.24) is 5.32 Å². The van der Waals surface area contributed by atoms with Crippen LogP contribution in [0.2, 0.25) is 5.02 Å². The first kappa shape index (κ1) is 16.6. The molecule has 0 aliphatic rings. The van der Waals surface area contributed by atoms with Crippen molar-refractivity contribution < 1.29 is 31.1 Å². The quantitative estimate of drug-likeness (QED) is 0.846. The molecule has 0 spiro atoms. The molecule has 2 nitrogen and oxygen atoms in total. The lowest BCUT2D eigenvalue weighted by atomic mass is 10.1. The van der Waals surface area contributed by atoms with Gasteiger partial charge in [0.15, 0.2) is 0 Å². The lowest BCUT2D eigenvalue weighted by Crippen LogP contribution is -2.47. The summed E-state index contributed by atoms with van der Waals surface area (Å²) in [7, 11) is 0. The minimum Gasteiger partial charge on any atom is -0.351 e. The second-order valence-corrected chi connectivity index (χ2v) is 4.23. The summed E-state index contributed by atoms with van der Waals surface area (Å²) in [5, 5.41) is 1.72. The Labute approximate surface area is 114 Å². The van der Waals surface area contributed by atoms with E-state index in [1.807, 2.05) is 0 Å². The van der Waals surface area contributed by atoms with Gasteiger partial charge in [-0.3, -0.25) is 4.79 Å². The Morgan fingerprint density at radius 2 is 1.60 bits per heavy atom. The Bertz CT molecular complexity index is 471. The van der Waals surface area contributed by atoms with Gasteiger partial charge in [0.05, 0.1) is 0 Å². The van der Waals surface area contributed by atoms with Gasteiger partial charge in [0, 0.05) is 11.6 Å². The first-order valence-corrected chi connectivity index (χ1v) is 5.56. The number of hydrogen-bond donors (Lipinski definition) is 1. The summed E-state index contributed by atoms with van der Waals surface area (Å²) in [6.07, 6.45) is -11.4. The van der Waals surface area contributed by atoms with Crippen LogP contribution in [0.15, 0.2) is 24.3 Å². The molecule has 1 N–H and O–H groups in total. The van der Waals surface area contributed by atoms with E-state index >= 15 is 0 Å². The number of benzene rings is 1. The molecule has 1 aromatic carbocycles. The Hall–Kier alpha value is -1.44. The minimum absolute atomic E-state index is 0.128. The SMILES string of the molecule is O=C(NCc1ccccc1Cl)C(C(F)(F)F)C(F)(F)F. The van der Waals surface area contributed by atoms with Crippen LogP contribution in [0.3, 0.4) is 0 Å². The molecule has 0 saturated carbocycles. The normalized spacial score (nSPS) is 12.6. The van der Waals surface area contributed by atoms with E-state index < -0.39 is 30.7 Å². The van der Waals surface area contributed by atoms with Gasteiger partial charge in [-0.1, -0.05) is 29.8 Å². The van der Waals surface area contributed by atoms with Crippen molar-refractivity contribution >= 4 is 17.5 Å². The summed E-state index contributed by atoms with van der Waals surface area (Å²) < 4.78 is 73.6. The molecule has 112 valence electrons. The van der Waals surface area contributed by atoms with Crippen LogP contribution >= 0.6 is 11.6 Å². The number of hydrogen-bond acceptors (Lipinski definition) is 1. The fraction of sp³-hybridized carbons (Fsp3) is 0.364. The van der Waals surface area contributed by atoms with E-state index in [0.717, 1.165) is 0 Å². The van der Waals surface area contributed by atoms with E-state index in [1.54, 1.807) is 5.32 Å². The number of alkyl halides is 6. The maximum Gasteiger partial charge on any atom is 0.409 e. The Kier molecular flexibility index (Phi) is 4.90. The first-order valence-electron chi connectivity index (χ1n) is 5.18. The number of halogens is 7. The third-order valence-corrected chi connectivity index (χ3v) is 2.70. The van der Waals surface area contributed by atoms with Crippen molar-refractivity contribution in [2.45, 2.75) is 18.9 Å². The predicted octanol–water partition coefficient (Wildman–Crippen LogP) is 3.70. The molecule has 1 rings (SSSR count). The fourth-order valence-electron chi connectivity index (χ4n) is 1.41. The van der Waals surface area contributed by atoms with E-state index in [9.17, 15) is 31.1 Å². The predicted molar refractivity (Wildman–Crippen MR) is 58.9 cm³/mol. The summed E-state index contributed by atoms with van der Waals surface area (Å²) >= 11 is 5.67. The highest BCUT2D eigenvalue weighted by molar-refractivity contribution is 6.31. The Morgan fingerprint density at radius 3 is 2.05 bits per heavy atom. The second kappa shape index (κ2) is 5.90. The topological polar surface area (TPSA) is 29.1 Å². The lowest BCUT2D eigenvalue weighted by Gasteiger charge is -2.22. The summed E-state index contributed by atoms with van der Waals surface area (Å²) in [5.74, 6) is -6.22. The zero-order valence-electron chi connectivity index (χ0n) is 9.65. The van der Waals surface area contributed by atoms with Gasteiger partial charge in [-0.25, -0.2) is 0 Å². The van der Waals surface area contributed by atoms with Gasteiger partial charge >= 0.3 is 12.4 Å². The molecule has 0 atom stereocenters. The van der Waals surface area contributed by atoms with Crippen LogP contribution in [-0.4, -0.2) is 18.3 Å². The maximum absolute atomic E-state index is 12.3. The molecule has 1 amide bonds. The first-order chi connectivity index (χ1) is 9.03. The highest BCUT2D eigenvalue weighted by atomic mass is 35.5. The maximum atomic E-state index is 12.3. The lowest BCUT2D eigenvalue weighted by molar-refractivity contribution is -0.274. The smallest absolute Gasteiger partial charge is 0.351 e. The molecule has 9 heteroatoms. The van der Waals surface area contributed by atoms with E-state index in [-0.39, 0.29) is 10.6 Å². The third-order valence-electron chi connectivity index (χ3n) is 2.33. The van der Waals surface area contributed by atoms with E-state index in [4.69, 9.17) is 11.6 Å². The number of rotatable bonds is 3. The van der Waals surface area contributed by atoms with Crippen molar-refractivity contribution in [2.75, 3.05) is 0 Å². The zero-order valence-corrected chi connectivity index (χ0v) is 10.4. The number of nitrogens with one attached hydrogen (secondary N) is 1. The van der Waals surface area contributed by atoms with Gasteiger partial charge in [0.2, 0.25) is 11.8 Å². The van der Waals surface area contributed by atoms with Crippen LogP contribution in [-0.2, 0) is 11.3 Å². The van der Waals surface area contributed by atoms with E-state index in [0.29, 0.717) is 0 Å². The summed E-state index contributed by atoms with van der Waals surface area (Å²) in [4.78, 5) is 11.1. The molecule has 20 heavy (non-hydrogen) atoms. The van der Waals surface area contributed by atoms with Crippen LogP contribution in [0, 0.1) is 5.92 Å². The van der Waals surface area contributed by atoms with Gasteiger partial charge in [-0.2, -0.15) is 26.3 Å². The Morgan fingerprint density at radius 1 is 1.10 bits per heavy atom. The number of amides is 1. The van der Waals surface area contributed by atoms with Crippen molar-refractivity contribution in [3.05, 3.63) is 34.9 Å². The monoisotopic (exact) mass is 319 g/mol. The van der Waals surface area contributed by atoms with Gasteiger partial charge in [0.1, 0.15) is 0 Å². The molecule has 0 bridgehead atoms. The highest BCUT2D eigenvalue weighted by Gasteiger charge is 2.60. The number of carbonyl (C=O) groups is 1. The molecule has 0 unspecified atom stereocenters. The molecule has 0 aliphatic carbocycles. The van der Waals surface area contributed by atoms with Crippen LogP contribution in [0.1, 0.15) is 5.56 Å². The molecule has 0 radical (unpaired) electrons. The fourth-order valence-corrected chi connectivity index (χ4v) is 1.61. The molecule has 0 fully saturated rings. The number of carbonyl (C=O) groups excluding carboxylic acids is 1. The molecular formula is C11H8ClF6NO. The van der Waals surface area contributed by atoms with Crippen molar-refractivity contribution in [3.63, 3.8) is 0 Å². The molecular weight excluding hydrogens is 312 g/mol. The largest absolute Gasteiger partial charge is 0.409 e. The summed E-state index contributed by atoms with van der Waals surface area (Å²) in [5.41, 5.74) is 0.214. The van der Waals surface area contributed by atoms with E-state index in [1.165, 1.54) is 24.3 Å². The van der Waals surface area contributed by atoms with Crippen molar-refractivity contribution in [2.24, 2.45) is 5.92 Å². The second-order valence-electron chi connectivity index (χ2n) is 3.83. The van der Waals surface area contributed by atoms with Gasteiger partial charge in [-0.15, -0.1) is 0 Å². The standard InChI is InChI=1S/C11H8ClF6NO/c12-7-4-2-1-3-6(7)5-19-9(20)8(10(13,14)15)11(16,17)18/h1-4,8H,5H2,(H,19,20). The zero-order chi connectivity index (χ0) is 15.6. The molecule has 0 aliphatic heterocycles. The van der Waals surface area contributed by atoms with Gasteiger partial charge < -0.3 is 5.32 Å². The summed E-state index contributed by atoms with van der Waals surface area (Å²) in [6, 6.07) is 5.78. The van der Waals surface area contributed by atoms with Crippen molar-refractivity contribution in [1.29, 1.82) is 0 Å². The third kappa shape index (κ3) is 4.29. The van der Waals surface area contributed by atoms with Crippen LogP contribution < -0.4 is 5.32 Å². The minimum atomic E-state index is -5.71. The van der Waals surface area contributed by atoms with E-state index in [2.05, 4.69) is 0 Å². The highest BCUT2D eigenvalue weighted by Crippen LogP contribution is 2.39. The van der Waals surface area contributed by atoms with Crippen LogP contribution in [0.4, 0.5) is 26.3 Å². The van der Waals surface area contributed by atoms with Crippen LogP contribution in [0.5, 0.6) is 0 Å². The molecule has 0 aromatic heterocycles. The molecule has 0 saturated heterocycles.